The van der Waals surface area contributed by atoms with E-state index in [1.165, 1.54) is 12.8 Å². The van der Waals surface area contributed by atoms with Crippen LogP contribution in [-0.4, -0.2) is 31.9 Å². The first-order valence-corrected chi connectivity index (χ1v) is 7.81. The number of nitrogens with one attached hydrogen (secondary N) is 1. The molecule has 1 saturated carbocycles. The number of hydrogen-bond acceptors (Lipinski definition) is 4. The topological polar surface area (TPSA) is 50.7 Å². The highest BCUT2D eigenvalue weighted by atomic mass is 79.9. The number of ether oxygens (including phenoxy) is 2. The van der Waals surface area contributed by atoms with Gasteiger partial charge in [0.05, 0.1) is 23.8 Å². The average Bonchev–Trinajstić information content (AvgIpc) is 2.91. The van der Waals surface area contributed by atoms with Crippen LogP contribution in [0.2, 0.25) is 0 Å². The normalized spacial score (nSPS) is 17.2. The Morgan fingerprint density at radius 3 is 2.70 bits per heavy atom. The molecule has 5 heteroatoms. The van der Waals surface area contributed by atoms with Gasteiger partial charge in [0.25, 0.3) is 0 Å². The number of aliphatic hydroxyl groups excluding tert-OH is 1. The first-order valence-electron chi connectivity index (χ1n) is 7.02. The van der Waals surface area contributed by atoms with Gasteiger partial charge < -0.3 is 19.9 Å². The van der Waals surface area contributed by atoms with Crippen molar-refractivity contribution >= 4 is 15.9 Å². The molecule has 0 amide bonds. The number of halogens is 1. The minimum atomic E-state index is -0.562. The number of aliphatic hydroxyl groups is 1. The van der Waals surface area contributed by atoms with Crippen molar-refractivity contribution in [2.45, 2.75) is 37.9 Å². The summed E-state index contributed by atoms with van der Waals surface area (Å²) in [7, 11) is 3.45. The molecule has 2 rings (SSSR count). The molecule has 0 aliphatic heterocycles. The molecule has 1 aromatic carbocycles. The quantitative estimate of drug-likeness (QED) is 0.833. The Labute approximate surface area is 128 Å². The van der Waals surface area contributed by atoms with Crippen molar-refractivity contribution in [1.29, 1.82) is 0 Å². The van der Waals surface area contributed by atoms with Crippen molar-refractivity contribution in [2.24, 2.45) is 0 Å². The largest absolute Gasteiger partial charge is 0.492 e. The first kappa shape index (κ1) is 15.6. The van der Waals surface area contributed by atoms with Crippen LogP contribution < -0.4 is 14.8 Å². The Bertz CT molecular complexity index is 447. The van der Waals surface area contributed by atoms with Crippen LogP contribution in [0.4, 0.5) is 0 Å². The summed E-state index contributed by atoms with van der Waals surface area (Å²) in [5.74, 6) is 1.40. The molecule has 1 atom stereocenters. The van der Waals surface area contributed by atoms with Crippen LogP contribution in [-0.2, 0) is 0 Å². The third-order valence-electron chi connectivity index (χ3n) is 3.61. The average molecular weight is 344 g/mol. The fourth-order valence-electron chi connectivity index (χ4n) is 2.56. The Balaban J connectivity index is 2.25. The molecular weight excluding hydrogens is 322 g/mol. The van der Waals surface area contributed by atoms with E-state index in [1.807, 2.05) is 19.2 Å². The van der Waals surface area contributed by atoms with Crippen LogP contribution >= 0.6 is 15.9 Å². The maximum absolute atomic E-state index is 10.1. The van der Waals surface area contributed by atoms with Gasteiger partial charge >= 0.3 is 0 Å². The maximum atomic E-state index is 10.1. The van der Waals surface area contributed by atoms with E-state index in [2.05, 4.69) is 21.2 Å². The predicted molar refractivity (Wildman–Crippen MR) is 82.5 cm³/mol. The smallest absolute Gasteiger partial charge is 0.174 e. The van der Waals surface area contributed by atoms with Gasteiger partial charge in [-0.2, -0.15) is 0 Å². The maximum Gasteiger partial charge on any atom is 0.174 e. The molecule has 2 N–H and O–H groups in total. The molecule has 0 heterocycles. The van der Waals surface area contributed by atoms with E-state index in [0.717, 1.165) is 22.9 Å². The van der Waals surface area contributed by atoms with Gasteiger partial charge in [0.1, 0.15) is 0 Å². The molecule has 1 aliphatic carbocycles. The lowest BCUT2D eigenvalue weighted by molar-refractivity contribution is 0.174. The number of likely N-dealkylation sites (N-methyl/N-ethyl adjacent to an activating group) is 1. The lowest BCUT2D eigenvalue weighted by atomic mass is 10.1. The van der Waals surface area contributed by atoms with E-state index in [9.17, 15) is 5.11 Å². The van der Waals surface area contributed by atoms with Crippen molar-refractivity contribution in [3.05, 3.63) is 22.2 Å². The molecule has 0 bridgehead atoms. The molecule has 0 aromatic heterocycles. The van der Waals surface area contributed by atoms with Gasteiger partial charge in [-0.15, -0.1) is 0 Å². The van der Waals surface area contributed by atoms with Crippen LogP contribution in [0, 0.1) is 0 Å². The van der Waals surface area contributed by atoms with E-state index in [-0.39, 0.29) is 6.10 Å². The third-order valence-corrected chi connectivity index (χ3v) is 4.20. The van der Waals surface area contributed by atoms with Crippen LogP contribution in [0.5, 0.6) is 11.5 Å². The van der Waals surface area contributed by atoms with Gasteiger partial charge in [-0.1, -0.05) is 0 Å². The lowest BCUT2D eigenvalue weighted by Gasteiger charge is -2.19. The number of methoxy groups -OCH3 is 1. The van der Waals surface area contributed by atoms with Gasteiger partial charge in [0.15, 0.2) is 11.5 Å². The van der Waals surface area contributed by atoms with Crippen molar-refractivity contribution < 1.29 is 14.6 Å². The van der Waals surface area contributed by atoms with Crippen molar-refractivity contribution in [3.63, 3.8) is 0 Å². The molecule has 0 spiro atoms. The number of rotatable bonds is 6. The Morgan fingerprint density at radius 1 is 1.40 bits per heavy atom. The summed E-state index contributed by atoms with van der Waals surface area (Å²) in [6, 6.07) is 3.76. The summed E-state index contributed by atoms with van der Waals surface area (Å²) in [6.07, 6.45) is 4.31. The second-order valence-corrected chi connectivity index (χ2v) is 5.99. The fraction of sp³-hybridized carbons (Fsp3) is 0.600. The summed E-state index contributed by atoms with van der Waals surface area (Å²) in [4.78, 5) is 0. The van der Waals surface area contributed by atoms with Crippen molar-refractivity contribution in [2.75, 3.05) is 20.7 Å². The van der Waals surface area contributed by atoms with Gasteiger partial charge in [-0.3, -0.25) is 0 Å². The molecule has 1 unspecified atom stereocenters. The Kier molecular flexibility index (Phi) is 5.69. The third kappa shape index (κ3) is 3.65. The van der Waals surface area contributed by atoms with Gasteiger partial charge in [0.2, 0.25) is 0 Å². The molecule has 0 radical (unpaired) electrons. The van der Waals surface area contributed by atoms with Gasteiger partial charge in [-0.05, 0) is 66.4 Å². The molecule has 1 aliphatic rings. The minimum Gasteiger partial charge on any atom is -0.492 e. The van der Waals surface area contributed by atoms with E-state index in [4.69, 9.17) is 9.47 Å². The number of benzene rings is 1. The highest BCUT2D eigenvalue weighted by Crippen LogP contribution is 2.39. The van der Waals surface area contributed by atoms with E-state index < -0.39 is 6.10 Å². The first-order chi connectivity index (χ1) is 9.65. The van der Waals surface area contributed by atoms with E-state index in [1.54, 1.807) is 7.11 Å². The highest BCUT2D eigenvalue weighted by Gasteiger charge is 2.21. The van der Waals surface area contributed by atoms with Crippen LogP contribution in [0.1, 0.15) is 37.4 Å². The van der Waals surface area contributed by atoms with Crippen molar-refractivity contribution in [3.8, 4) is 11.5 Å². The van der Waals surface area contributed by atoms with E-state index >= 15 is 0 Å². The predicted octanol–water partition coefficient (Wildman–Crippen LogP) is 3.03. The molecule has 1 aromatic rings. The van der Waals surface area contributed by atoms with Crippen LogP contribution in [0.3, 0.4) is 0 Å². The Hall–Kier alpha value is -0.780. The summed E-state index contributed by atoms with van der Waals surface area (Å²) in [6.45, 7) is 0.502. The second-order valence-electron chi connectivity index (χ2n) is 5.13. The van der Waals surface area contributed by atoms with E-state index in [0.29, 0.717) is 18.0 Å². The van der Waals surface area contributed by atoms with Crippen molar-refractivity contribution in [1.82, 2.24) is 5.32 Å². The number of hydrogen-bond donors (Lipinski definition) is 2. The summed E-state index contributed by atoms with van der Waals surface area (Å²) < 4.78 is 12.3. The molecular formula is C15H22BrNO3. The summed E-state index contributed by atoms with van der Waals surface area (Å²) >= 11 is 3.49. The van der Waals surface area contributed by atoms with Gasteiger partial charge in [-0.25, -0.2) is 0 Å². The molecule has 1 fully saturated rings. The SMILES string of the molecule is CNCC(O)c1cc(Br)c(OC)c(OC2CCCC2)c1. The minimum absolute atomic E-state index is 0.257. The molecule has 0 saturated heterocycles. The molecule has 20 heavy (non-hydrogen) atoms. The zero-order valence-corrected chi connectivity index (χ0v) is 13.6. The second kappa shape index (κ2) is 7.29. The van der Waals surface area contributed by atoms with Crippen LogP contribution in [0.25, 0.3) is 0 Å². The Morgan fingerprint density at radius 2 is 2.10 bits per heavy atom. The van der Waals surface area contributed by atoms with Gasteiger partial charge in [0, 0.05) is 6.54 Å². The van der Waals surface area contributed by atoms with Crippen LogP contribution in [0.15, 0.2) is 16.6 Å². The zero-order chi connectivity index (χ0) is 14.5. The summed E-state index contributed by atoms with van der Waals surface area (Å²) in [5.41, 5.74) is 0.819. The fourth-order valence-corrected chi connectivity index (χ4v) is 3.18. The highest BCUT2D eigenvalue weighted by molar-refractivity contribution is 9.10. The molecule has 4 nitrogen and oxygen atoms in total. The molecule has 112 valence electrons. The standard InChI is InChI=1S/C15H22BrNO3/c1-17-9-13(18)10-7-12(16)15(19-2)14(8-10)20-11-5-3-4-6-11/h7-8,11,13,17-18H,3-6,9H2,1-2H3. The summed E-state index contributed by atoms with van der Waals surface area (Å²) in [5, 5.41) is 13.1. The lowest BCUT2D eigenvalue weighted by Crippen LogP contribution is -2.17. The zero-order valence-electron chi connectivity index (χ0n) is 12.0. The monoisotopic (exact) mass is 343 g/mol.